The fourth-order valence-electron chi connectivity index (χ4n) is 4.03. The van der Waals surface area contributed by atoms with Gasteiger partial charge in [0.1, 0.15) is 0 Å². The van der Waals surface area contributed by atoms with E-state index in [0.29, 0.717) is 46.6 Å². The van der Waals surface area contributed by atoms with Crippen molar-refractivity contribution in [3.8, 4) is 11.5 Å². The number of allylic oxidation sites excluding steroid dienone is 1. The molecule has 184 valence electrons. The Morgan fingerprint density at radius 1 is 1.20 bits per heavy atom. The number of fused-ring (bicyclic) bond motifs is 1. The summed E-state index contributed by atoms with van der Waals surface area (Å²) in [6, 6.07) is 11.9. The highest BCUT2D eigenvalue weighted by molar-refractivity contribution is 7.80. The van der Waals surface area contributed by atoms with Crippen LogP contribution in [0.5, 0.6) is 11.5 Å². The summed E-state index contributed by atoms with van der Waals surface area (Å²) in [5, 5.41) is 6.73. The molecule has 0 saturated heterocycles. The van der Waals surface area contributed by atoms with Gasteiger partial charge in [-0.15, -0.1) is 0 Å². The van der Waals surface area contributed by atoms with Crippen LogP contribution in [0.25, 0.3) is 0 Å². The van der Waals surface area contributed by atoms with Crippen molar-refractivity contribution in [3.63, 3.8) is 0 Å². The van der Waals surface area contributed by atoms with E-state index in [1.54, 1.807) is 24.3 Å². The molecule has 0 spiro atoms. The molecule has 2 aromatic carbocycles. The van der Waals surface area contributed by atoms with Crippen LogP contribution in [0.4, 0.5) is 5.69 Å². The minimum Gasteiger partial charge on any atom is -0.462 e. The normalized spacial score (nSPS) is 16.9. The summed E-state index contributed by atoms with van der Waals surface area (Å²) in [4.78, 5) is 27.9. The maximum Gasteiger partial charge on any atom is 0.338 e. The first-order valence-electron chi connectivity index (χ1n) is 11.5. The van der Waals surface area contributed by atoms with Crippen molar-refractivity contribution in [2.75, 3.05) is 25.3 Å². The summed E-state index contributed by atoms with van der Waals surface area (Å²) in [5.41, 5.74) is 3.07. The monoisotopic (exact) mass is 495 g/mol. The molecule has 0 bridgehead atoms. The van der Waals surface area contributed by atoms with Crippen molar-refractivity contribution in [2.45, 2.75) is 33.7 Å². The molecular weight excluding hydrogens is 466 g/mol. The quantitative estimate of drug-likeness (QED) is 0.432. The molecule has 0 unspecified atom stereocenters. The number of carbonyl (C=O) groups excluding carboxylic acids is 2. The van der Waals surface area contributed by atoms with Crippen LogP contribution in [0.3, 0.4) is 0 Å². The van der Waals surface area contributed by atoms with Crippen molar-refractivity contribution in [1.29, 1.82) is 0 Å². The first-order valence-corrected chi connectivity index (χ1v) is 12.0. The second kappa shape index (κ2) is 10.4. The van der Waals surface area contributed by atoms with Gasteiger partial charge in [0.25, 0.3) is 5.91 Å². The van der Waals surface area contributed by atoms with Crippen LogP contribution in [-0.2, 0) is 9.53 Å². The smallest absolute Gasteiger partial charge is 0.338 e. The highest BCUT2D eigenvalue weighted by Crippen LogP contribution is 2.34. The number of thiocarbonyl (C=S) groups is 1. The second-order valence-electron chi connectivity index (χ2n) is 8.77. The summed E-state index contributed by atoms with van der Waals surface area (Å²) >= 11 is 5.57. The molecule has 8 nitrogen and oxygen atoms in total. The Labute approximate surface area is 210 Å². The third-order valence-corrected chi connectivity index (χ3v) is 6.13. The van der Waals surface area contributed by atoms with Crippen molar-refractivity contribution < 1.29 is 23.8 Å². The molecule has 2 N–H and O–H groups in total. The molecule has 2 aliphatic heterocycles. The van der Waals surface area contributed by atoms with E-state index in [4.69, 9.17) is 26.4 Å². The average molecular weight is 496 g/mol. The van der Waals surface area contributed by atoms with Crippen LogP contribution >= 0.6 is 12.2 Å². The number of ether oxygens (including phenoxy) is 3. The fourth-order valence-corrected chi connectivity index (χ4v) is 4.42. The summed E-state index contributed by atoms with van der Waals surface area (Å²) in [5.74, 6) is 0.699. The molecule has 0 radical (unpaired) electrons. The van der Waals surface area contributed by atoms with Gasteiger partial charge >= 0.3 is 5.97 Å². The van der Waals surface area contributed by atoms with E-state index in [1.807, 2.05) is 50.8 Å². The van der Waals surface area contributed by atoms with Gasteiger partial charge in [-0.2, -0.15) is 0 Å². The standard InChI is InChI=1S/C26H29N3O5S/c1-5-29-16(4)22(25(31)32-13-15(2)3)23(28-26(29)35)17-7-6-8-19(11-17)27-24(30)18-9-10-20-21(12-18)34-14-33-20/h6-12,15,23H,5,13-14H2,1-4H3,(H,27,30)(H,28,35)/t23-/m0/s1. The number of amides is 1. The zero-order chi connectivity index (χ0) is 25.1. The number of hydrogen-bond donors (Lipinski definition) is 2. The van der Waals surface area contributed by atoms with Gasteiger partial charge in [0.15, 0.2) is 16.6 Å². The van der Waals surface area contributed by atoms with E-state index >= 15 is 0 Å². The van der Waals surface area contributed by atoms with E-state index in [9.17, 15) is 9.59 Å². The lowest BCUT2D eigenvalue weighted by atomic mass is 9.94. The summed E-state index contributed by atoms with van der Waals surface area (Å²) in [6.45, 7) is 8.92. The van der Waals surface area contributed by atoms with Gasteiger partial charge in [0.2, 0.25) is 6.79 Å². The molecular formula is C26H29N3O5S. The molecule has 0 saturated carbocycles. The molecule has 0 aromatic heterocycles. The number of carbonyl (C=O) groups is 2. The number of esters is 1. The van der Waals surface area contributed by atoms with E-state index in [1.165, 1.54) is 0 Å². The zero-order valence-corrected chi connectivity index (χ0v) is 21.0. The number of nitrogens with zero attached hydrogens (tertiary/aromatic N) is 1. The first-order chi connectivity index (χ1) is 16.8. The fraction of sp³-hybridized carbons (Fsp3) is 0.346. The molecule has 4 rings (SSSR count). The molecule has 1 amide bonds. The Balaban J connectivity index is 1.60. The second-order valence-corrected chi connectivity index (χ2v) is 9.15. The summed E-state index contributed by atoms with van der Waals surface area (Å²) < 4.78 is 16.3. The number of rotatable bonds is 7. The van der Waals surface area contributed by atoms with Crippen LogP contribution in [-0.4, -0.2) is 41.8 Å². The van der Waals surface area contributed by atoms with Crippen LogP contribution < -0.4 is 20.1 Å². The van der Waals surface area contributed by atoms with Gasteiger partial charge in [-0.25, -0.2) is 4.79 Å². The van der Waals surface area contributed by atoms with Gasteiger partial charge < -0.3 is 29.7 Å². The third-order valence-electron chi connectivity index (χ3n) is 5.79. The lowest BCUT2D eigenvalue weighted by molar-refractivity contribution is -0.140. The Hall–Kier alpha value is -3.59. The Bertz CT molecular complexity index is 1190. The van der Waals surface area contributed by atoms with Crippen molar-refractivity contribution in [2.24, 2.45) is 5.92 Å². The van der Waals surface area contributed by atoms with E-state index in [2.05, 4.69) is 10.6 Å². The maximum atomic E-state index is 13.1. The van der Waals surface area contributed by atoms with Crippen LogP contribution in [0.1, 0.15) is 49.7 Å². The van der Waals surface area contributed by atoms with E-state index < -0.39 is 6.04 Å². The molecule has 0 aliphatic carbocycles. The molecule has 2 heterocycles. The van der Waals surface area contributed by atoms with Crippen molar-refractivity contribution in [1.82, 2.24) is 10.2 Å². The lowest BCUT2D eigenvalue weighted by Gasteiger charge is -2.37. The SMILES string of the molecule is CCN1C(=S)N[C@@H](c2cccc(NC(=O)c3ccc4c(c3)OCO4)c2)C(C(=O)OCC(C)C)=C1C. The number of nitrogens with one attached hydrogen (secondary N) is 2. The van der Waals surface area contributed by atoms with Gasteiger partial charge in [0, 0.05) is 23.5 Å². The van der Waals surface area contributed by atoms with Gasteiger partial charge in [-0.1, -0.05) is 26.0 Å². The predicted octanol–water partition coefficient (Wildman–Crippen LogP) is 4.39. The summed E-state index contributed by atoms with van der Waals surface area (Å²) in [6.07, 6.45) is 0. The number of anilines is 1. The Kier molecular flexibility index (Phi) is 7.25. The molecule has 1 atom stereocenters. The highest BCUT2D eigenvalue weighted by Gasteiger charge is 2.34. The predicted molar refractivity (Wildman–Crippen MR) is 136 cm³/mol. The van der Waals surface area contributed by atoms with Gasteiger partial charge in [-0.05, 0) is 67.9 Å². The molecule has 2 aromatic rings. The van der Waals surface area contributed by atoms with Gasteiger partial charge in [-0.3, -0.25) is 4.79 Å². The maximum absolute atomic E-state index is 13.1. The summed E-state index contributed by atoms with van der Waals surface area (Å²) in [7, 11) is 0. The lowest BCUT2D eigenvalue weighted by Crippen LogP contribution is -2.47. The van der Waals surface area contributed by atoms with Crippen LogP contribution in [0, 0.1) is 5.92 Å². The topological polar surface area (TPSA) is 89.1 Å². The zero-order valence-electron chi connectivity index (χ0n) is 20.2. The van der Waals surface area contributed by atoms with E-state index in [0.717, 1.165) is 11.3 Å². The molecule has 35 heavy (non-hydrogen) atoms. The van der Waals surface area contributed by atoms with Crippen molar-refractivity contribution in [3.05, 3.63) is 64.9 Å². The minimum atomic E-state index is -0.507. The Morgan fingerprint density at radius 2 is 1.97 bits per heavy atom. The molecule has 2 aliphatic rings. The number of hydrogen-bond acceptors (Lipinski definition) is 6. The van der Waals surface area contributed by atoms with E-state index in [-0.39, 0.29) is 24.6 Å². The van der Waals surface area contributed by atoms with Crippen molar-refractivity contribution >= 4 is 34.9 Å². The molecule has 9 heteroatoms. The highest BCUT2D eigenvalue weighted by atomic mass is 32.1. The average Bonchev–Trinajstić information content (AvgIpc) is 3.30. The number of benzene rings is 2. The van der Waals surface area contributed by atoms with Crippen LogP contribution in [0.2, 0.25) is 0 Å². The Morgan fingerprint density at radius 3 is 2.71 bits per heavy atom. The van der Waals surface area contributed by atoms with Gasteiger partial charge in [0.05, 0.1) is 18.2 Å². The third kappa shape index (κ3) is 5.24. The molecule has 0 fully saturated rings. The largest absolute Gasteiger partial charge is 0.462 e. The first kappa shape index (κ1) is 24.5. The van der Waals surface area contributed by atoms with Crippen LogP contribution in [0.15, 0.2) is 53.7 Å². The minimum absolute atomic E-state index is 0.142.